The summed E-state index contributed by atoms with van der Waals surface area (Å²) in [5.41, 5.74) is 5.13. The van der Waals surface area contributed by atoms with Gasteiger partial charge in [0.05, 0.1) is 5.52 Å². The van der Waals surface area contributed by atoms with Crippen LogP contribution < -0.4 is 0 Å². The Kier molecular flexibility index (Phi) is 2.47. The van der Waals surface area contributed by atoms with Gasteiger partial charge < -0.3 is 0 Å². The Labute approximate surface area is 102 Å². The second kappa shape index (κ2) is 3.99. The van der Waals surface area contributed by atoms with Gasteiger partial charge in [-0.15, -0.1) is 0 Å². The van der Waals surface area contributed by atoms with Gasteiger partial charge in [0.25, 0.3) is 0 Å². The van der Waals surface area contributed by atoms with Crippen LogP contribution in [0.25, 0.3) is 10.9 Å². The highest BCUT2D eigenvalue weighted by Crippen LogP contribution is 2.30. The lowest BCUT2D eigenvalue weighted by atomic mass is 9.83. The van der Waals surface area contributed by atoms with Gasteiger partial charge in [0.1, 0.15) is 0 Å². The number of nitrogens with zero attached hydrogens (tertiary/aromatic N) is 1. The molecule has 1 aliphatic carbocycles. The topological polar surface area (TPSA) is 12.9 Å². The molecule has 0 saturated carbocycles. The lowest BCUT2D eigenvalue weighted by molar-refractivity contribution is 0.519. The molecule has 1 unspecified atom stereocenters. The third-order valence-corrected chi connectivity index (χ3v) is 3.79. The Hall–Kier alpha value is -1.63. The Balaban J connectivity index is 2.07. The van der Waals surface area contributed by atoms with E-state index in [-0.39, 0.29) is 0 Å². The number of aromatic nitrogens is 1. The second-order valence-electron chi connectivity index (χ2n) is 5.07. The van der Waals surface area contributed by atoms with E-state index in [1.54, 1.807) is 0 Å². The van der Waals surface area contributed by atoms with Crippen LogP contribution in [0.2, 0.25) is 0 Å². The van der Waals surface area contributed by atoms with Crippen LogP contribution in [0.15, 0.2) is 42.5 Å². The summed E-state index contributed by atoms with van der Waals surface area (Å²) in [4.78, 5) is 4.81. The zero-order valence-corrected chi connectivity index (χ0v) is 10.2. The summed E-state index contributed by atoms with van der Waals surface area (Å²) in [6.45, 7) is 6.22. The van der Waals surface area contributed by atoms with Crippen LogP contribution in [0, 0.1) is 5.92 Å². The van der Waals surface area contributed by atoms with Gasteiger partial charge in [-0.25, -0.2) is 0 Å². The first-order valence-electron chi connectivity index (χ1n) is 6.27. The molecular weight excluding hydrogens is 206 g/mol. The average molecular weight is 223 g/mol. The van der Waals surface area contributed by atoms with E-state index < -0.39 is 0 Å². The van der Waals surface area contributed by atoms with Crippen molar-refractivity contribution in [1.29, 1.82) is 0 Å². The molecule has 2 aromatic rings. The smallest absolute Gasteiger partial charge is 0.0705 e. The molecule has 1 atom stereocenters. The average Bonchev–Trinajstić information content (AvgIpc) is 2.35. The maximum Gasteiger partial charge on any atom is 0.0705 e. The molecule has 1 aromatic carbocycles. The molecule has 1 nitrogen and oxygen atoms in total. The maximum absolute atomic E-state index is 4.81. The Morgan fingerprint density at radius 1 is 1.35 bits per heavy atom. The Bertz CT molecular complexity index is 583. The molecule has 1 aromatic heterocycles. The van der Waals surface area contributed by atoms with Gasteiger partial charge in [0, 0.05) is 11.1 Å². The van der Waals surface area contributed by atoms with Crippen molar-refractivity contribution in [2.24, 2.45) is 5.92 Å². The molecule has 3 rings (SSSR count). The zero-order valence-electron chi connectivity index (χ0n) is 10.2. The summed E-state index contributed by atoms with van der Waals surface area (Å²) in [6.07, 6.45) is 3.43. The minimum absolute atomic E-state index is 0.621. The van der Waals surface area contributed by atoms with Gasteiger partial charge in [-0.05, 0) is 49.8 Å². The summed E-state index contributed by atoms with van der Waals surface area (Å²) in [6, 6.07) is 10.7. The van der Waals surface area contributed by atoms with Crippen molar-refractivity contribution in [2.75, 3.05) is 0 Å². The molecule has 86 valence electrons. The molecule has 17 heavy (non-hydrogen) atoms. The third-order valence-electron chi connectivity index (χ3n) is 3.79. The normalized spacial score (nSPS) is 19.0. The number of hydrogen-bond acceptors (Lipinski definition) is 1. The number of pyridine rings is 1. The van der Waals surface area contributed by atoms with E-state index in [1.165, 1.54) is 28.6 Å². The highest BCUT2D eigenvalue weighted by atomic mass is 14.7. The fourth-order valence-electron chi connectivity index (χ4n) is 2.68. The number of hydrogen-bond donors (Lipinski definition) is 0. The maximum atomic E-state index is 4.81. The van der Waals surface area contributed by atoms with Gasteiger partial charge in [0.2, 0.25) is 0 Å². The molecule has 0 bridgehead atoms. The first-order valence-corrected chi connectivity index (χ1v) is 6.27. The molecule has 0 spiro atoms. The quantitative estimate of drug-likeness (QED) is 0.668. The predicted molar refractivity (Wildman–Crippen MR) is 72.1 cm³/mol. The molecular formula is C16H17N. The van der Waals surface area contributed by atoms with E-state index in [4.69, 9.17) is 4.98 Å². The van der Waals surface area contributed by atoms with Crippen LogP contribution in [0.4, 0.5) is 0 Å². The van der Waals surface area contributed by atoms with E-state index in [2.05, 4.69) is 43.8 Å². The lowest BCUT2D eigenvalue weighted by Gasteiger charge is -2.24. The minimum Gasteiger partial charge on any atom is -0.253 e. The number of allylic oxidation sites excluding steroid dienone is 1. The van der Waals surface area contributed by atoms with Gasteiger partial charge in [-0.2, -0.15) is 0 Å². The van der Waals surface area contributed by atoms with Crippen LogP contribution in [-0.2, 0) is 12.8 Å². The van der Waals surface area contributed by atoms with Crippen molar-refractivity contribution in [1.82, 2.24) is 4.98 Å². The minimum atomic E-state index is 0.621. The standard InChI is InChI=1S/C16H17N/c1-11(2)12-7-8-14-9-13-5-3-4-6-15(13)17-16(14)10-12/h3-6,9,12H,1,7-8,10H2,2H3. The van der Waals surface area contributed by atoms with Crippen molar-refractivity contribution in [3.63, 3.8) is 0 Å². The second-order valence-corrected chi connectivity index (χ2v) is 5.07. The van der Waals surface area contributed by atoms with Crippen molar-refractivity contribution in [3.05, 3.63) is 53.7 Å². The zero-order chi connectivity index (χ0) is 11.8. The van der Waals surface area contributed by atoms with Crippen molar-refractivity contribution in [2.45, 2.75) is 26.2 Å². The molecule has 0 aliphatic heterocycles. The van der Waals surface area contributed by atoms with E-state index >= 15 is 0 Å². The molecule has 0 radical (unpaired) electrons. The number of aryl methyl sites for hydroxylation is 1. The fraction of sp³-hybridized carbons (Fsp3) is 0.312. The molecule has 0 N–H and O–H groups in total. The summed E-state index contributed by atoms with van der Waals surface area (Å²) in [7, 11) is 0. The lowest BCUT2D eigenvalue weighted by Crippen LogP contribution is -2.16. The van der Waals surface area contributed by atoms with Crippen LogP contribution in [0.1, 0.15) is 24.6 Å². The SMILES string of the molecule is C=C(C)C1CCc2cc3ccccc3nc2C1. The number of rotatable bonds is 1. The molecule has 0 fully saturated rings. The van der Waals surface area contributed by atoms with E-state index in [9.17, 15) is 0 Å². The fourth-order valence-corrected chi connectivity index (χ4v) is 2.68. The first-order chi connectivity index (χ1) is 8.24. The first kappa shape index (κ1) is 10.5. The number of benzene rings is 1. The Morgan fingerprint density at radius 3 is 3.00 bits per heavy atom. The molecule has 1 aliphatic rings. The van der Waals surface area contributed by atoms with E-state index in [0.717, 1.165) is 18.4 Å². The summed E-state index contributed by atoms with van der Waals surface area (Å²) in [5.74, 6) is 0.621. The molecule has 0 amide bonds. The summed E-state index contributed by atoms with van der Waals surface area (Å²) >= 11 is 0. The molecule has 1 heteroatoms. The van der Waals surface area contributed by atoms with Gasteiger partial charge in [0.15, 0.2) is 0 Å². The summed E-state index contributed by atoms with van der Waals surface area (Å²) < 4.78 is 0. The van der Waals surface area contributed by atoms with E-state index in [0.29, 0.717) is 5.92 Å². The van der Waals surface area contributed by atoms with Crippen molar-refractivity contribution < 1.29 is 0 Å². The highest BCUT2D eigenvalue weighted by Gasteiger charge is 2.20. The molecule has 1 heterocycles. The van der Waals surface area contributed by atoms with Crippen LogP contribution in [-0.4, -0.2) is 4.98 Å². The van der Waals surface area contributed by atoms with Crippen LogP contribution in [0.3, 0.4) is 0 Å². The van der Waals surface area contributed by atoms with E-state index in [1.807, 2.05) is 0 Å². The summed E-state index contributed by atoms with van der Waals surface area (Å²) in [5, 5.41) is 1.26. The van der Waals surface area contributed by atoms with Crippen molar-refractivity contribution in [3.8, 4) is 0 Å². The highest BCUT2D eigenvalue weighted by molar-refractivity contribution is 5.79. The van der Waals surface area contributed by atoms with Crippen molar-refractivity contribution >= 4 is 10.9 Å². The predicted octanol–water partition coefficient (Wildman–Crippen LogP) is 3.92. The largest absolute Gasteiger partial charge is 0.253 e. The monoisotopic (exact) mass is 223 g/mol. The van der Waals surface area contributed by atoms with Crippen LogP contribution in [0.5, 0.6) is 0 Å². The number of para-hydroxylation sites is 1. The van der Waals surface area contributed by atoms with Gasteiger partial charge in [-0.1, -0.05) is 30.4 Å². The number of fused-ring (bicyclic) bond motifs is 2. The third kappa shape index (κ3) is 1.86. The van der Waals surface area contributed by atoms with Gasteiger partial charge in [-0.3, -0.25) is 4.98 Å². The Morgan fingerprint density at radius 2 is 2.18 bits per heavy atom. The van der Waals surface area contributed by atoms with Gasteiger partial charge >= 0.3 is 0 Å². The van der Waals surface area contributed by atoms with Crippen LogP contribution >= 0.6 is 0 Å². The molecule has 0 saturated heterocycles.